The molecule has 0 saturated carbocycles. The fourth-order valence-corrected chi connectivity index (χ4v) is 1.93. The van der Waals surface area contributed by atoms with Crippen molar-refractivity contribution in [3.63, 3.8) is 0 Å². The molecule has 0 saturated heterocycles. The third-order valence-electron chi connectivity index (χ3n) is 2.83. The van der Waals surface area contributed by atoms with Gasteiger partial charge in [-0.15, -0.1) is 0 Å². The van der Waals surface area contributed by atoms with Crippen molar-refractivity contribution in [1.82, 2.24) is 0 Å². The Hall–Kier alpha value is -2.62. The molecule has 0 unspecified atom stereocenters. The average Bonchev–Trinajstić information content (AvgIpc) is 2.49. The Labute approximate surface area is 117 Å². The predicted molar refractivity (Wildman–Crippen MR) is 77.5 cm³/mol. The Kier molecular flexibility index (Phi) is 4.50. The molecule has 1 N–H and O–H groups in total. The molecular formula is C16H15NO3. The van der Waals surface area contributed by atoms with Crippen LogP contribution in [0.25, 0.3) is 11.1 Å². The third kappa shape index (κ3) is 3.03. The summed E-state index contributed by atoms with van der Waals surface area (Å²) in [5.74, 6) is -0.373. The van der Waals surface area contributed by atoms with Crippen LogP contribution in [-0.2, 0) is 9.53 Å². The molecule has 4 nitrogen and oxygen atoms in total. The van der Waals surface area contributed by atoms with Crippen molar-refractivity contribution < 1.29 is 14.3 Å². The quantitative estimate of drug-likeness (QED) is 0.670. The Morgan fingerprint density at radius 3 is 2.60 bits per heavy atom. The number of nitrogens with one attached hydrogen (secondary N) is 1. The van der Waals surface area contributed by atoms with Crippen LogP contribution in [0.1, 0.15) is 17.3 Å². The summed E-state index contributed by atoms with van der Waals surface area (Å²) in [6, 6.07) is 14.6. The molecule has 20 heavy (non-hydrogen) atoms. The van der Waals surface area contributed by atoms with Crippen molar-refractivity contribution >= 4 is 18.1 Å². The summed E-state index contributed by atoms with van der Waals surface area (Å²) < 4.78 is 4.99. The Balaban J connectivity index is 2.47. The van der Waals surface area contributed by atoms with E-state index in [1.165, 1.54) is 0 Å². The van der Waals surface area contributed by atoms with Gasteiger partial charge >= 0.3 is 5.97 Å². The van der Waals surface area contributed by atoms with E-state index in [1.807, 2.05) is 30.3 Å². The van der Waals surface area contributed by atoms with E-state index >= 15 is 0 Å². The highest BCUT2D eigenvalue weighted by Crippen LogP contribution is 2.29. The number of hydrogen-bond acceptors (Lipinski definition) is 3. The summed E-state index contributed by atoms with van der Waals surface area (Å²) in [6.45, 7) is 2.09. The van der Waals surface area contributed by atoms with E-state index in [9.17, 15) is 9.59 Å². The minimum absolute atomic E-state index is 0.327. The fraction of sp³-hybridized carbons (Fsp3) is 0.125. The number of anilines is 1. The molecule has 0 aliphatic rings. The van der Waals surface area contributed by atoms with Gasteiger partial charge in [-0.25, -0.2) is 4.79 Å². The number of hydrogen-bond donors (Lipinski definition) is 1. The lowest BCUT2D eigenvalue weighted by Gasteiger charge is -2.11. The first kappa shape index (κ1) is 13.8. The van der Waals surface area contributed by atoms with Gasteiger partial charge in [-0.3, -0.25) is 4.79 Å². The predicted octanol–water partition coefficient (Wildman–Crippen LogP) is 3.10. The summed E-state index contributed by atoms with van der Waals surface area (Å²) in [5, 5.41) is 2.64. The van der Waals surface area contributed by atoms with Gasteiger partial charge in [-0.05, 0) is 30.7 Å². The molecular weight excluding hydrogens is 254 g/mol. The Bertz CT molecular complexity index is 608. The van der Waals surface area contributed by atoms with Crippen LogP contribution in [0.5, 0.6) is 0 Å². The highest BCUT2D eigenvalue weighted by molar-refractivity contribution is 5.94. The molecule has 0 aliphatic carbocycles. The van der Waals surface area contributed by atoms with Crippen LogP contribution in [0.4, 0.5) is 5.69 Å². The first-order chi connectivity index (χ1) is 9.76. The molecule has 0 spiro atoms. The number of rotatable bonds is 5. The van der Waals surface area contributed by atoms with Crippen molar-refractivity contribution in [2.24, 2.45) is 0 Å². The second-order valence-corrected chi connectivity index (χ2v) is 4.11. The molecule has 0 atom stereocenters. The number of esters is 1. The van der Waals surface area contributed by atoms with Gasteiger partial charge in [-0.2, -0.15) is 0 Å². The molecule has 1 amide bonds. The second kappa shape index (κ2) is 6.52. The van der Waals surface area contributed by atoms with Crippen LogP contribution in [-0.4, -0.2) is 19.0 Å². The number of ether oxygens (including phenoxy) is 1. The minimum Gasteiger partial charge on any atom is -0.462 e. The molecule has 0 radical (unpaired) electrons. The zero-order chi connectivity index (χ0) is 14.4. The van der Waals surface area contributed by atoms with E-state index < -0.39 is 0 Å². The maximum absolute atomic E-state index is 11.8. The van der Waals surface area contributed by atoms with Crippen LogP contribution in [0, 0.1) is 0 Å². The summed E-state index contributed by atoms with van der Waals surface area (Å²) >= 11 is 0. The van der Waals surface area contributed by atoms with Crippen molar-refractivity contribution in [2.75, 3.05) is 11.9 Å². The van der Waals surface area contributed by atoms with Crippen molar-refractivity contribution in [3.05, 3.63) is 54.1 Å². The summed E-state index contributed by atoms with van der Waals surface area (Å²) in [5.41, 5.74) is 2.81. The average molecular weight is 269 g/mol. The molecule has 0 aromatic heterocycles. The van der Waals surface area contributed by atoms with Crippen molar-refractivity contribution in [1.29, 1.82) is 0 Å². The third-order valence-corrected chi connectivity index (χ3v) is 2.83. The number of amides is 1. The highest BCUT2D eigenvalue weighted by Gasteiger charge is 2.11. The largest absolute Gasteiger partial charge is 0.462 e. The van der Waals surface area contributed by atoms with Crippen LogP contribution >= 0.6 is 0 Å². The summed E-state index contributed by atoms with van der Waals surface area (Å²) in [6.07, 6.45) is 0.617. The maximum atomic E-state index is 11.8. The first-order valence-electron chi connectivity index (χ1n) is 6.33. The summed E-state index contributed by atoms with van der Waals surface area (Å²) in [7, 11) is 0. The van der Waals surface area contributed by atoms with Crippen molar-refractivity contribution in [2.45, 2.75) is 6.92 Å². The maximum Gasteiger partial charge on any atom is 0.338 e. The monoisotopic (exact) mass is 269 g/mol. The fourth-order valence-electron chi connectivity index (χ4n) is 1.93. The smallest absolute Gasteiger partial charge is 0.338 e. The lowest BCUT2D eigenvalue weighted by molar-refractivity contribution is -0.105. The molecule has 0 aliphatic heterocycles. The zero-order valence-corrected chi connectivity index (χ0v) is 11.1. The molecule has 2 aromatic rings. The zero-order valence-electron chi connectivity index (χ0n) is 11.1. The number of carbonyl (C=O) groups is 2. The Morgan fingerprint density at radius 1 is 1.20 bits per heavy atom. The minimum atomic E-state index is -0.373. The molecule has 102 valence electrons. The lowest BCUT2D eigenvalue weighted by atomic mass is 10.0. The van der Waals surface area contributed by atoms with E-state index in [2.05, 4.69) is 5.32 Å². The van der Waals surface area contributed by atoms with Crippen molar-refractivity contribution in [3.8, 4) is 11.1 Å². The van der Waals surface area contributed by atoms with Gasteiger partial charge < -0.3 is 10.1 Å². The first-order valence-corrected chi connectivity index (χ1v) is 6.33. The normalized spacial score (nSPS) is 9.85. The van der Waals surface area contributed by atoms with Crippen LogP contribution < -0.4 is 5.32 Å². The van der Waals surface area contributed by atoms with Gasteiger partial charge in [-0.1, -0.05) is 30.3 Å². The van der Waals surface area contributed by atoms with Gasteiger partial charge in [0.05, 0.1) is 12.2 Å². The van der Waals surface area contributed by atoms with Gasteiger partial charge in [0.15, 0.2) is 0 Å². The van der Waals surface area contributed by atoms with E-state index in [0.29, 0.717) is 24.3 Å². The second-order valence-electron chi connectivity index (χ2n) is 4.11. The van der Waals surface area contributed by atoms with E-state index in [4.69, 9.17) is 4.74 Å². The van der Waals surface area contributed by atoms with E-state index in [-0.39, 0.29) is 5.97 Å². The number of carbonyl (C=O) groups excluding carboxylic acids is 2. The molecule has 4 heteroatoms. The standard InChI is InChI=1S/C16H15NO3/c1-2-20-16(19)13-8-9-15(17-11-18)14(10-13)12-6-4-3-5-7-12/h3-11H,2H2,1H3,(H,17,18). The van der Waals surface area contributed by atoms with Crippen LogP contribution in [0.3, 0.4) is 0 Å². The molecule has 2 rings (SSSR count). The van der Waals surface area contributed by atoms with Crippen LogP contribution in [0.2, 0.25) is 0 Å². The van der Waals surface area contributed by atoms with Crippen LogP contribution in [0.15, 0.2) is 48.5 Å². The lowest BCUT2D eigenvalue weighted by Crippen LogP contribution is -2.06. The molecule has 0 fully saturated rings. The molecule has 2 aromatic carbocycles. The highest BCUT2D eigenvalue weighted by atomic mass is 16.5. The van der Waals surface area contributed by atoms with Gasteiger partial charge in [0, 0.05) is 11.3 Å². The molecule has 0 heterocycles. The van der Waals surface area contributed by atoms with Gasteiger partial charge in [0.1, 0.15) is 0 Å². The topological polar surface area (TPSA) is 55.4 Å². The summed E-state index contributed by atoms with van der Waals surface area (Å²) in [4.78, 5) is 22.5. The van der Waals surface area contributed by atoms with E-state index in [1.54, 1.807) is 25.1 Å². The van der Waals surface area contributed by atoms with Gasteiger partial charge in [0.25, 0.3) is 0 Å². The number of benzene rings is 2. The van der Waals surface area contributed by atoms with E-state index in [0.717, 1.165) is 11.1 Å². The SMILES string of the molecule is CCOC(=O)c1ccc(NC=O)c(-c2ccccc2)c1. The van der Waals surface area contributed by atoms with Gasteiger partial charge in [0.2, 0.25) is 6.41 Å². The Morgan fingerprint density at radius 2 is 1.95 bits per heavy atom. The molecule has 0 bridgehead atoms.